The highest BCUT2D eigenvalue weighted by atomic mass is 79.9. The van der Waals surface area contributed by atoms with Gasteiger partial charge in [-0.3, -0.25) is 5.41 Å². The van der Waals surface area contributed by atoms with Gasteiger partial charge >= 0.3 is 0 Å². The molecular weight excluding hydrogens is 204 g/mol. The highest BCUT2D eigenvalue weighted by Gasteiger charge is 2.02. The van der Waals surface area contributed by atoms with E-state index in [-0.39, 0.29) is 5.84 Å². The normalized spacial score (nSPS) is 9.64. The Morgan fingerprint density at radius 2 is 2.18 bits per heavy atom. The highest BCUT2D eigenvalue weighted by Crippen LogP contribution is 2.18. The van der Waals surface area contributed by atoms with Crippen molar-refractivity contribution in [2.24, 2.45) is 5.73 Å². The predicted molar refractivity (Wildman–Crippen MR) is 49.9 cm³/mol. The van der Waals surface area contributed by atoms with Crippen LogP contribution < -0.4 is 5.73 Å². The first kappa shape index (κ1) is 8.27. The van der Waals surface area contributed by atoms with Gasteiger partial charge in [-0.15, -0.1) is 0 Å². The molecule has 0 amide bonds. The Labute approximate surface area is 74.1 Å². The van der Waals surface area contributed by atoms with Crippen LogP contribution in [0.4, 0.5) is 0 Å². The minimum absolute atomic E-state index is 0.115. The van der Waals surface area contributed by atoms with Crippen LogP contribution in [-0.4, -0.2) is 5.84 Å². The van der Waals surface area contributed by atoms with E-state index < -0.39 is 0 Å². The maximum Gasteiger partial charge on any atom is 0.123 e. The molecule has 2 nitrogen and oxygen atoms in total. The van der Waals surface area contributed by atoms with Crippen molar-refractivity contribution in [3.05, 3.63) is 33.8 Å². The second-order valence-electron chi connectivity index (χ2n) is 2.33. The lowest BCUT2D eigenvalue weighted by Gasteiger charge is -2.03. The van der Waals surface area contributed by atoms with Crippen LogP contribution in [0, 0.1) is 12.3 Å². The van der Waals surface area contributed by atoms with Crippen LogP contribution in [0.3, 0.4) is 0 Å². The van der Waals surface area contributed by atoms with Crippen LogP contribution in [0.5, 0.6) is 0 Å². The number of halogens is 1. The van der Waals surface area contributed by atoms with Gasteiger partial charge in [0.25, 0.3) is 0 Å². The molecule has 11 heavy (non-hydrogen) atoms. The second kappa shape index (κ2) is 3.05. The molecule has 0 aromatic heterocycles. The zero-order valence-electron chi connectivity index (χ0n) is 6.19. The maximum atomic E-state index is 7.23. The molecule has 0 saturated carbocycles. The first-order valence-corrected chi connectivity index (χ1v) is 4.01. The van der Waals surface area contributed by atoms with Crippen LogP contribution in [0.25, 0.3) is 0 Å². The Morgan fingerprint density at radius 3 is 2.64 bits per heavy atom. The summed E-state index contributed by atoms with van der Waals surface area (Å²) in [7, 11) is 0. The molecule has 1 aromatic rings. The number of nitrogens with one attached hydrogen (secondary N) is 1. The topological polar surface area (TPSA) is 49.9 Å². The summed E-state index contributed by atoms with van der Waals surface area (Å²) in [6, 6.07) is 5.64. The monoisotopic (exact) mass is 212 g/mol. The lowest BCUT2D eigenvalue weighted by atomic mass is 10.1. The lowest BCUT2D eigenvalue weighted by molar-refractivity contribution is 1.35. The van der Waals surface area contributed by atoms with Gasteiger partial charge in [0.15, 0.2) is 0 Å². The first-order valence-electron chi connectivity index (χ1n) is 3.22. The number of hydrogen-bond donors (Lipinski definition) is 2. The molecule has 3 heteroatoms. The summed E-state index contributed by atoms with van der Waals surface area (Å²) < 4.78 is 0.991. The minimum Gasteiger partial charge on any atom is -0.384 e. The Bertz CT molecular complexity index is 294. The zero-order chi connectivity index (χ0) is 8.43. The number of benzene rings is 1. The number of nitrogens with two attached hydrogens (primary N) is 1. The van der Waals surface area contributed by atoms with Crippen molar-refractivity contribution in [1.29, 1.82) is 5.41 Å². The third-order valence-electron chi connectivity index (χ3n) is 1.56. The van der Waals surface area contributed by atoms with Crippen molar-refractivity contribution < 1.29 is 0 Å². The fourth-order valence-corrected chi connectivity index (χ4v) is 1.27. The number of amidine groups is 1. The van der Waals surface area contributed by atoms with Gasteiger partial charge < -0.3 is 5.73 Å². The minimum atomic E-state index is 0.115. The molecule has 0 atom stereocenters. The number of hydrogen-bond acceptors (Lipinski definition) is 1. The van der Waals surface area contributed by atoms with E-state index in [4.69, 9.17) is 11.1 Å². The molecule has 0 fully saturated rings. The Morgan fingerprint density at radius 1 is 1.55 bits per heavy atom. The lowest BCUT2D eigenvalue weighted by Crippen LogP contribution is -2.12. The molecule has 0 aliphatic heterocycles. The van der Waals surface area contributed by atoms with E-state index in [0.29, 0.717) is 0 Å². The van der Waals surface area contributed by atoms with Crippen molar-refractivity contribution in [2.45, 2.75) is 6.92 Å². The van der Waals surface area contributed by atoms with Crippen molar-refractivity contribution in [3.8, 4) is 0 Å². The second-order valence-corrected chi connectivity index (χ2v) is 3.18. The Kier molecular flexibility index (Phi) is 2.29. The van der Waals surface area contributed by atoms with Gasteiger partial charge in [0.2, 0.25) is 0 Å². The number of rotatable bonds is 1. The first-order chi connectivity index (χ1) is 5.13. The van der Waals surface area contributed by atoms with E-state index in [9.17, 15) is 0 Å². The molecule has 0 aliphatic rings. The summed E-state index contributed by atoms with van der Waals surface area (Å²) >= 11 is 3.36. The van der Waals surface area contributed by atoms with Crippen LogP contribution in [0.15, 0.2) is 22.7 Å². The summed E-state index contributed by atoms with van der Waals surface area (Å²) in [4.78, 5) is 0. The molecule has 0 heterocycles. The molecule has 0 saturated heterocycles. The van der Waals surface area contributed by atoms with E-state index in [2.05, 4.69) is 15.9 Å². The Balaban J connectivity index is 3.27. The van der Waals surface area contributed by atoms with Crippen molar-refractivity contribution in [3.63, 3.8) is 0 Å². The number of nitrogen functional groups attached to an aromatic ring is 1. The van der Waals surface area contributed by atoms with Gasteiger partial charge in [0.05, 0.1) is 0 Å². The maximum absolute atomic E-state index is 7.23. The van der Waals surface area contributed by atoms with Gasteiger partial charge in [0, 0.05) is 10.0 Å². The molecule has 0 radical (unpaired) electrons. The van der Waals surface area contributed by atoms with E-state index in [0.717, 1.165) is 15.6 Å². The smallest absolute Gasteiger partial charge is 0.123 e. The molecular formula is C8H9BrN2. The van der Waals surface area contributed by atoms with Gasteiger partial charge in [-0.1, -0.05) is 28.1 Å². The van der Waals surface area contributed by atoms with Gasteiger partial charge in [-0.2, -0.15) is 0 Å². The molecule has 1 aromatic carbocycles. The van der Waals surface area contributed by atoms with Crippen LogP contribution in [0.1, 0.15) is 11.1 Å². The Hall–Kier alpha value is -0.830. The summed E-state index contributed by atoms with van der Waals surface area (Å²) in [6.07, 6.45) is 0. The van der Waals surface area contributed by atoms with Gasteiger partial charge in [0.1, 0.15) is 5.84 Å². The summed E-state index contributed by atoms with van der Waals surface area (Å²) in [6.45, 7) is 1.93. The van der Waals surface area contributed by atoms with Crippen molar-refractivity contribution in [1.82, 2.24) is 0 Å². The third-order valence-corrected chi connectivity index (χ3v) is 2.42. The van der Waals surface area contributed by atoms with Gasteiger partial charge in [-0.05, 0) is 18.6 Å². The fourth-order valence-electron chi connectivity index (χ4n) is 0.899. The standard InChI is InChI=1S/C8H9BrN2/c1-5-6(8(10)11)3-2-4-7(5)9/h2-4H,1H3,(H3,10,11). The van der Waals surface area contributed by atoms with Gasteiger partial charge in [-0.25, -0.2) is 0 Å². The molecule has 0 aliphatic carbocycles. The average Bonchev–Trinajstić information content (AvgIpc) is 1.94. The largest absolute Gasteiger partial charge is 0.384 e. The summed E-state index contributed by atoms with van der Waals surface area (Å²) in [5.41, 5.74) is 7.15. The molecule has 0 spiro atoms. The quantitative estimate of drug-likeness (QED) is 0.544. The zero-order valence-corrected chi connectivity index (χ0v) is 7.77. The average molecular weight is 213 g/mol. The highest BCUT2D eigenvalue weighted by molar-refractivity contribution is 9.10. The summed E-state index contributed by atoms with van der Waals surface area (Å²) in [5, 5.41) is 7.23. The molecule has 0 unspecified atom stereocenters. The van der Waals surface area contributed by atoms with E-state index in [1.807, 2.05) is 25.1 Å². The SMILES string of the molecule is Cc1c(Br)cccc1C(=N)N. The van der Waals surface area contributed by atoms with Crippen molar-refractivity contribution in [2.75, 3.05) is 0 Å². The third kappa shape index (κ3) is 1.60. The van der Waals surface area contributed by atoms with E-state index in [1.165, 1.54) is 0 Å². The van der Waals surface area contributed by atoms with E-state index in [1.54, 1.807) is 0 Å². The summed E-state index contributed by atoms with van der Waals surface area (Å²) in [5.74, 6) is 0.115. The van der Waals surface area contributed by atoms with Crippen LogP contribution in [0.2, 0.25) is 0 Å². The van der Waals surface area contributed by atoms with Crippen molar-refractivity contribution >= 4 is 21.8 Å². The molecule has 58 valence electrons. The molecule has 0 bridgehead atoms. The predicted octanol–water partition coefficient (Wildman–Crippen LogP) is 2.04. The molecule has 1 rings (SSSR count). The fraction of sp³-hybridized carbons (Fsp3) is 0.125. The van der Waals surface area contributed by atoms with Crippen LogP contribution in [-0.2, 0) is 0 Å². The molecule has 3 N–H and O–H groups in total. The van der Waals surface area contributed by atoms with E-state index >= 15 is 0 Å². The van der Waals surface area contributed by atoms with Crippen LogP contribution >= 0.6 is 15.9 Å².